The number of allylic oxidation sites excluding steroid dienone is 1. The molecule has 1 atom stereocenters. The molecule has 1 unspecified atom stereocenters. The number of hydrogen-bond acceptors (Lipinski definition) is 7. The number of nitrogens with two attached hydrogens (primary N) is 1. The average molecular weight is 507 g/mol. The van der Waals surface area contributed by atoms with Crippen molar-refractivity contribution in [3.05, 3.63) is 55.1 Å². The Kier molecular flexibility index (Phi) is 22.1. The lowest BCUT2D eigenvalue weighted by Gasteiger charge is -2.18. The summed E-state index contributed by atoms with van der Waals surface area (Å²) in [6.07, 6.45) is 5.23. The van der Waals surface area contributed by atoms with Gasteiger partial charge in [-0.25, -0.2) is 0 Å². The van der Waals surface area contributed by atoms with Crippen LogP contribution in [0.2, 0.25) is 0 Å². The predicted molar refractivity (Wildman–Crippen MR) is 141 cm³/mol. The SMILES string of the molecule is C=CC.C=CCOc1ccc(C)cc1.COC(=O)CNC(=O)C(CCCCN)NC(=O)CNC(C)=O. The van der Waals surface area contributed by atoms with Crippen molar-refractivity contribution in [1.82, 2.24) is 16.0 Å². The minimum Gasteiger partial charge on any atom is -0.490 e. The number of ether oxygens (including phenoxy) is 2. The van der Waals surface area contributed by atoms with E-state index in [4.69, 9.17) is 10.5 Å². The molecule has 0 saturated carbocycles. The zero-order valence-electron chi connectivity index (χ0n) is 21.9. The molecular formula is C26H42N4O6. The Hall–Kier alpha value is -3.66. The lowest BCUT2D eigenvalue weighted by Crippen LogP contribution is -2.50. The minimum absolute atomic E-state index is 0.215. The molecular weight excluding hydrogens is 464 g/mol. The van der Waals surface area contributed by atoms with E-state index in [1.54, 1.807) is 12.2 Å². The van der Waals surface area contributed by atoms with Gasteiger partial charge in [0, 0.05) is 6.92 Å². The van der Waals surface area contributed by atoms with Crippen LogP contribution >= 0.6 is 0 Å². The molecule has 1 aromatic rings. The molecule has 1 rings (SSSR count). The fourth-order valence-electron chi connectivity index (χ4n) is 2.36. The van der Waals surface area contributed by atoms with E-state index in [1.165, 1.54) is 19.6 Å². The number of carbonyl (C=O) groups is 4. The van der Waals surface area contributed by atoms with Crippen LogP contribution in [-0.4, -0.2) is 63.1 Å². The number of nitrogens with one attached hydrogen (secondary N) is 3. The maximum absolute atomic E-state index is 12.0. The molecule has 0 bridgehead atoms. The second-order valence-corrected chi connectivity index (χ2v) is 7.43. The Bertz CT molecular complexity index is 796. The summed E-state index contributed by atoms with van der Waals surface area (Å²) < 4.78 is 9.71. The minimum atomic E-state index is -0.794. The summed E-state index contributed by atoms with van der Waals surface area (Å²) in [5, 5.41) is 7.24. The largest absolute Gasteiger partial charge is 0.490 e. The summed E-state index contributed by atoms with van der Waals surface area (Å²) in [7, 11) is 1.21. The molecule has 5 N–H and O–H groups in total. The molecule has 202 valence electrons. The maximum Gasteiger partial charge on any atom is 0.325 e. The molecule has 0 aliphatic rings. The third-order valence-corrected chi connectivity index (χ3v) is 4.12. The number of unbranched alkanes of at least 4 members (excludes halogenated alkanes) is 1. The third kappa shape index (κ3) is 20.9. The van der Waals surface area contributed by atoms with Crippen molar-refractivity contribution in [2.45, 2.75) is 46.1 Å². The van der Waals surface area contributed by atoms with Gasteiger partial charge in [0.15, 0.2) is 0 Å². The highest BCUT2D eigenvalue weighted by Crippen LogP contribution is 2.10. The molecule has 0 saturated heterocycles. The van der Waals surface area contributed by atoms with Gasteiger partial charge in [-0.3, -0.25) is 19.2 Å². The summed E-state index contributed by atoms with van der Waals surface area (Å²) in [5.41, 5.74) is 6.64. The summed E-state index contributed by atoms with van der Waals surface area (Å²) in [6, 6.07) is 7.17. The van der Waals surface area contributed by atoms with Crippen molar-refractivity contribution in [2.75, 3.05) is 33.4 Å². The number of amides is 3. The second kappa shape index (κ2) is 23.1. The molecule has 3 amide bonds. The molecule has 0 aliphatic carbocycles. The number of carbonyl (C=O) groups excluding carboxylic acids is 4. The van der Waals surface area contributed by atoms with Crippen LogP contribution in [-0.2, 0) is 23.9 Å². The van der Waals surface area contributed by atoms with E-state index in [-0.39, 0.29) is 19.0 Å². The predicted octanol–water partition coefficient (Wildman–Crippen LogP) is 1.78. The molecule has 10 heteroatoms. The van der Waals surface area contributed by atoms with Crippen LogP contribution in [0.15, 0.2) is 49.6 Å². The zero-order valence-corrected chi connectivity index (χ0v) is 21.9. The van der Waals surface area contributed by atoms with Crippen LogP contribution in [0.4, 0.5) is 0 Å². The number of methoxy groups -OCH3 is 1. The van der Waals surface area contributed by atoms with E-state index in [1.807, 2.05) is 31.2 Å². The first-order chi connectivity index (χ1) is 17.1. The first-order valence-electron chi connectivity index (χ1n) is 11.6. The van der Waals surface area contributed by atoms with E-state index in [0.717, 1.165) is 5.75 Å². The molecule has 10 nitrogen and oxygen atoms in total. The van der Waals surface area contributed by atoms with E-state index in [2.05, 4.69) is 40.8 Å². The average Bonchev–Trinajstić information content (AvgIpc) is 2.85. The van der Waals surface area contributed by atoms with Gasteiger partial charge < -0.3 is 31.2 Å². The quantitative estimate of drug-likeness (QED) is 0.181. The van der Waals surface area contributed by atoms with Crippen LogP contribution in [0, 0.1) is 6.92 Å². The van der Waals surface area contributed by atoms with E-state index >= 15 is 0 Å². The molecule has 0 fully saturated rings. The molecule has 0 aliphatic heterocycles. The molecule has 0 spiro atoms. The van der Waals surface area contributed by atoms with Gasteiger partial charge in [0.05, 0.1) is 13.7 Å². The smallest absolute Gasteiger partial charge is 0.325 e. The number of rotatable bonds is 13. The van der Waals surface area contributed by atoms with Crippen LogP contribution < -0.4 is 26.4 Å². The fourth-order valence-corrected chi connectivity index (χ4v) is 2.36. The third-order valence-electron chi connectivity index (χ3n) is 4.12. The van der Waals surface area contributed by atoms with Crippen molar-refractivity contribution < 1.29 is 28.7 Å². The number of esters is 1. The van der Waals surface area contributed by atoms with Gasteiger partial charge in [0.25, 0.3) is 0 Å². The van der Waals surface area contributed by atoms with Gasteiger partial charge in [-0.15, -0.1) is 6.58 Å². The van der Waals surface area contributed by atoms with Crippen molar-refractivity contribution in [1.29, 1.82) is 0 Å². The van der Waals surface area contributed by atoms with Gasteiger partial charge in [-0.05, 0) is 51.8 Å². The molecule has 36 heavy (non-hydrogen) atoms. The first kappa shape index (κ1) is 34.5. The summed E-state index contributed by atoms with van der Waals surface area (Å²) >= 11 is 0. The van der Waals surface area contributed by atoms with Gasteiger partial charge in [-0.1, -0.05) is 36.4 Å². The van der Waals surface area contributed by atoms with Gasteiger partial charge >= 0.3 is 5.97 Å². The number of hydrogen-bond donors (Lipinski definition) is 4. The summed E-state index contributed by atoms with van der Waals surface area (Å²) in [4.78, 5) is 45.4. The highest BCUT2D eigenvalue weighted by molar-refractivity contribution is 5.91. The van der Waals surface area contributed by atoms with Crippen molar-refractivity contribution >= 4 is 23.7 Å². The Balaban J connectivity index is 0. The highest BCUT2D eigenvalue weighted by atomic mass is 16.5. The van der Waals surface area contributed by atoms with E-state index < -0.39 is 23.8 Å². The van der Waals surface area contributed by atoms with Gasteiger partial charge in [0.2, 0.25) is 17.7 Å². The maximum atomic E-state index is 12.0. The lowest BCUT2D eigenvalue weighted by molar-refractivity contribution is -0.141. The highest BCUT2D eigenvalue weighted by Gasteiger charge is 2.21. The summed E-state index contributed by atoms with van der Waals surface area (Å²) in [6.45, 7) is 12.7. The van der Waals surface area contributed by atoms with E-state index in [0.29, 0.717) is 32.4 Å². The Morgan fingerprint density at radius 1 is 1.06 bits per heavy atom. The Labute approximate surface area is 214 Å². The zero-order chi connectivity index (χ0) is 27.8. The van der Waals surface area contributed by atoms with E-state index in [9.17, 15) is 19.2 Å². The van der Waals surface area contributed by atoms with Crippen LogP contribution in [0.5, 0.6) is 5.75 Å². The van der Waals surface area contributed by atoms with Crippen molar-refractivity contribution in [3.8, 4) is 5.75 Å². The van der Waals surface area contributed by atoms with Crippen molar-refractivity contribution in [3.63, 3.8) is 0 Å². The Morgan fingerprint density at radius 2 is 1.67 bits per heavy atom. The molecule has 0 radical (unpaired) electrons. The summed E-state index contributed by atoms with van der Waals surface area (Å²) in [5.74, 6) is -1.00. The lowest BCUT2D eigenvalue weighted by atomic mass is 10.1. The first-order valence-corrected chi connectivity index (χ1v) is 11.6. The van der Waals surface area contributed by atoms with Crippen molar-refractivity contribution in [2.24, 2.45) is 5.73 Å². The van der Waals surface area contributed by atoms with Crippen LogP contribution in [0.3, 0.4) is 0 Å². The molecule has 1 aromatic carbocycles. The molecule has 0 aromatic heterocycles. The Morgan fingerprint density at radius 3 is 2.17 bits per heavy atom. The van der Waals surface area contributed by atoms with Crippen LogP contribution in [0.25, 0.3) is 0 Å². The van der Waals surface area contributed by atoms with Gasteiger partial charge in [-0.2, -0.15) is 0 Å². The molecule has 0 heterocycles. The topological polar surface area (TPSA) is 149 Å². The van der Waals surface area contributed by atoms with Crippen LogP contribution in [0.1, 0.15) is 38.7 Å². The second-order valence-electron chi connectivity index (χ2n) is 7.43. The normalized spacial score (nSPS) is 10.0. The standard InChI is InChI=1S/C13H24N4O5.C10H12O.C3H6/c1-9(18)15-7-11(19)17-10(5-3-4-6-14)13(21)16-8-12(20)22-2;1-3-8-11-10-6-4-9(2)5-7-10;1-3-2/h10H,3-8,14H2,1-2H3,(H,15,18)(H,16,21)(H,17,19);3-7H,1,8H2,2H3;3H,1H2,2H3. The van der Waals surface area contributed by atoms with Gasteiger partial charge in [0.1, 0.15) is 24.9 Å². The monoisotopic (exact) mass is 506 g/mol. The fraction of sp³-hybridized carbons (Fsp3) is 0.462. The number of aryl methyl sites for hydroxylation is 1. The number of benzene rings is 1.